The first-order chi connectivity index (χ1) is 27.4. The molecule has 4 atom stereocenters. The Morgan fingerprint density at radius 3 is 1.91 bits per heavy atom. The number of aliphatic hydroxyl groups excluding tert-OH is 1. The van der Waals surface area contributed by atoms with Crippen LogP contribution in [0.25, 0.3) is 0 Å². The predicted octanol–water partition coefficient (Wildman–Crippen LogP) is 12.4. The highest BCUT2D eigenvalue weighted by molar-refractivity contribution is 5.99. The van der Waals surface area contributed by atoms with E-state index >= 15 is 0 Å². The quantitative estimate of drug-likeness (QED) is 0.0652. The van der Waals surface area contributed by atoms with Crippen LogP contribution in [0.5, 0.6) is 11.5 Å². The Hall–Kier alpha value is -4.21. The number of anilines is 2. The van der Waals surface area contributed by atoms with Crippen LogP contribution in [0.3, 0.4) is 0 Å². The van der Waals surface area contributed by atoms with E-state index in [4.69, 9.17) is 14.2 Å². The summed E-state index contributed by atoms with van der Waals surface area (Å²) in [5, 5.41) is 15.6. The molecule has 0 bridgehead atoms. The number of amides is 2. The number of carbonyl (C=O) groups is 1. The number of rotatable bonds is 23. The standard InChI is InChI=1S/C48H65N3O5/c1-4-6-8-10-12-17-32-51(33-18-13-11-9-7-5-2)35-45-37(3)46(39-26-24-38(36-52)25-27-39)56-47(55-45)40-20-19-21-42(34-40)50-48(53)49-41-28-30-44(31-29-41)54-43-22-15-14-16-23-43/h14-16,19-31,34,37,45-47,52H,4-13,17-18,32-33,35-36H2,1-3H3,(H2,49,50,53). The lowest BCUT2D eigenvalue weighted by Gasteiger charge is -2.43. The van der Waals surface area contributed by atoms with Gasteiger partial charge in [0.05, 0.1) is 18.8 Å². The van der Waals surface area contributed by atoms with Gasteiger partial charge in [-0.1, -0.05) is 140 Å². The molecule has 4 aromatic rings. The zero-order valence-electron chi connectivity index (χ0n) is 34.0. The van der Waals surface area contributed by atoms with Crippen LogP contribution < -0.4 is 15.4 Å². The molecule has 0 saturated carbocycles. The number of unbranched alkanes of at least 4 members (excludes halogenated alkanes) is 10. The third-order valence-corrected chi connectivity index (χ3v) is 10.7. The fourth-order valence-electron chi connectivity index (χ4n) is 7.40. The number of hydrogen-bond donors (Lipinski definition) is 3. The summed E-state index contributed by atoms with van der Waals surface area (Å²) < 4.78 is 19.6. The first-order valence-corrected chi connectivity index (χ1v) is 21.2. The van der Waals surface area contributed by atoms with Crippen molar-refractivity contribution in [1.29, 1.82) is 0 Å². The van der Waals surface area contributed by atoms with E-state index in [1.54, 1.807) is 0 Å². The van der Waals surface area contributed by atoms with Crippen LogP contribution in [0.15, 0.2) is 103 Å². The average Bonchev–Trinajstić information content (AvgIpc) is 3.22. The molecule has 1 fully saturated rings. The Balaban J connectivity index is 1.27. The van der Waals surface area contributed by atoms with Crippen molar-refractivity contribution in [2.75, 3.05) is 30.3 Å². The summed E-state index contributed by atoms with van der Waals surface area (Å²) in [6.45, 7) is 9.77. The molecule has 1 heterocycles. The van der Waals surface area contributed by atoms with Gasteiger partial charge >= 0.3 is 6.03 Å². The zero-order valence-corrected chi connectivity index (χ0v) is 34.0. The second-order valence-corrected chi connectivity index (χ2v) is 15.3. The van der Waals surface area contributed by atoms with E-state index in [0.29, 0.717) is 17.1 Å². The number of nitrogens with zero attached hydrogens (tertiary/aromatic N) is 1. The lowest BCUT2D eigenvalue weighted by molar-refractivity contribution is -0.276. The molecule has 302 valence electrons. The van der Waals surface area contributed by atoms with E-state index in [9.17, 15) is 9.90 Å². The van der Waals surface area contributed by atoms with Gasteiger partial charge in [-0.15, -0.1) is 0 Å². The first-order valence-electron chi connectivity index (χ1n) is 21.2. The van der Waals surface area contributed by atoms with Gasteiger partial charge in [0.2, 0.25) is 0 Å². The smallest absolute Gasteiger partial charge is 0.323 e. The highest BCUT2D eigenvalue weighted by Gasteiger charge is 2.39. The monoisotopic (exact) mass is 763 g/mol. The van der Waals surface area contributed by atoms with Crippen molar-refractivity contribution in [1.82, 2.24) is 4.90 Å². The van der Waals surface area contributed by atoms with Crippen LogP contribution in [0.1, 0.15) is 127 Å². The van der Waals surface area contributed by atoms with Gasteiger partial charge in [-0.25, -0.2) is 4.79 Å². The first kappa shape index (κ1) is 42.9. The molecule has 8 heteroatoms. The third kappa shape index (κ3) is 14.1. The minimum Gasteiger partial charge on any atom is -0.457 e. The van der Waals surface area contributed by atoms with E-state index in [-0.39, 0.29) is 30.8 Å². The minimum absolute atomic E-state index is 0.00290. The molecule has 8 nitrogen and oxygen atoms in total. The van der Waals surface area contributed by atoms with E-state index in [1.807, 2.05) is 91.0 Å². The zero-order chi connectivity index (χ0) is 39.4. The van der Waals surface area contributed by atoms with Crippen molar-refractivity contribution in [3.63, 3.8) is 0 Å². The largest absolute Gasteiger partial charge is 0.457 e. The molecular formula is C48H65N3O5. The normalized spacial score (nSPS) is 18.2. The van der Waals surface area contributed by atoms with E-state index < -0.39 is 6.29 Å². The summed E-state index contributed by atoms with van der Waals surface area (Å²) >= 11 is 0. The topological polar surface area (TPSA) is 92.3 Å². The van der Waals surface area contributed by atoms with Gasteiger partial charge in [-0.2, -0.15) is 0 Å². The molecule has 2 amide bonds. The van der Waals surface area contributed by atoms with Gasteiger partial charge in [0.15, 0.2) is 6.29 Å². The molecule has 4 aromatic carbocycles. The van der Waals surface area contributed by atoms with Crippen molar-refractivity contribution in [2.24, 2.45) is 5.92 Å². The predicted molar refractivity (Wildman–Crippen MR) is 228 cm³/mol. The van der Waals surface area contributed by atoms with Gasteiger partial charge < -0.3 is 34.9 Å². The third-order valence-electron chi connectivity index (χ3n) is 10.7. The van der Waals surface area contributed by atoms with Crippen molar-refractivity contribution >= 4 is 17.4 Å². The van der Waals surface area contributed by atoms with Crippen molar-refractivity contribution in [3.05, 3.63) is 120 Å². The van der Waals surface area contributed by atoms with Crippen LogP contribution in [0, 0.1) is 5.92 Å². The number of hydrogen-bond acceptors (Lipinski definition) is 6. The molecule has 56 heavy (non-hydrogen) atoms. The summed E-state index contributed by atoms with van der Waals surface area (Å²) in [7, 11) is 0. The Labute approximate surface area is 336 Å². The Bertz CT molecular complexity index is 1670. The number of ether oxygens (including phenoxy) is 3. The summed E-state index contributed by atoms with van der Waals surface area (Å²) in [6, 6.07) is 32.3. The van der Waals surface area contributed by atoms with Gasteiger partial charge in [-0.05, 0) is 85.6 Å². The summed E-state index contributed by atoms with van der Waals surface area (Å²) in [5.74, 6) is 1.53. The molecule has 4 unspecified atom stereocenters. The molecule has 1 aliphatic heterocycles. The summed E-state index contributed by atoms with van der Waals surface area (Å²) in [5.41, 5.74) is 4.08. The molecule has 5 rings (SSSR count). The van der Waals surface area contributed by atoms with Gasteiger partial charge in [0.25, 0.3) is 0 Å². The number of nitrogens with one attached hydrogen (secondary N) is 2. The Kier molecular flexibility index (Phi) is 18.2. The van der Waals surface area contributed by atoms with Crippen LogP contribution >= 0.6 is 0 Å². The Morgan fingerprint density at radius 1 is 0.661 bits per heavy atom. The fraction of sp³-hybridized carbons (Fsp3) is 0.479. The van der Waals surface area contributed by atoms with Crippen LogP contribution in [-0.4, -0.2) is 41.8 Å². The van der Waals surface area contributed by atoms with Gasteiger partial charge in [0.1, 0.15) is 11.5 Å². The van der Waals surface area contributed by atoms with Crippen LogP contribution in [0.4, 0.5) is 16.2 Å². The lowest BCUT2D eigenvalue weighted by Crippen LogP contribution is -2.45. The van der Waals surface area contributed by atoms with Gasteiger partial charge in [-0.3, -0.25) is 0 Å². The molecule has 0 radical (unpaired) electrons. The second-order valence-electron chi connectivity index (χ2n) is 15.3. The van der Waals surface area contributed by atoms with E-state index in [2.05, 4.69) is 48.4 Å². The number of carbonyl (C=O) groups excluding carboxylic acids is 1. The maximum Gasteiger partial charge on any atom is 0.323 e. The number of aliphatic hydroxyl groups is 1. The molecule has 0 aliphatic carbocycles. The molecule has 1 saturated heterocycles. The maximum atomic E-state index is 13.1. The van der Waals surface area contributed by atoms with Crippen molar-refractivity contribution < 1.29 is 24.1 Å². The number of para-hydroxylation sites is 1. The molecule has 1 aliphatic rings. The van der Waals surface area contributed by atoms with Crippen LogP contribution in [0.2, 0.25) is 0 Å². The highest BCUT2D eigenvalue weighted by Crippen LogP contribution is 2.42. The van der Waals surface area contributed by atoms with Gasteiger partial charge in [0, 0.05) is 29.4 Å². The lowest BCUT2D eigenvalue weighted by atomic mass is 9.90. The molecular weight excluding hydrogens is 699 g/mol. The van der Waals surface area contributed by atoms with Crippen molar-refractivity contribution in [3.8, 4) is 11.5 Å². The number of urea groups is 1. The minimum atomic E-state index is -0.620. The Morgan fingerprint density at radius 2 is 1.27 bits per heavy atom. The highest BCUT2D eigenvalue weighted by atomic mass is 16.7. The second kappa shape index (κ2) is 23.8. The van der Waals surface area contributed by atoms with Crippen molar-refractivity contribution in [2.45, 2.75) is 123 Å². The van der Waals surface area contributed by atoms with E-state index in [0.717, 1.165) is 42.1 Å². The average molecular weight is 764 g/mol. The summed E-state index contributed by atoms with van der Waals surface area (Å²) in [6.07, 6.45) is 14.5. The molecule has 3 N–H and O–H groups in total. The molecule has 0 spiro atoms. The fourth-order valence-corrected chi connectivity index (χ4v) is 7.40. The molecule has 0 aromatic heterocycles. The van der Waals surface area contributed by atoms with Crippen LogP contribution in [-0.2, 0) is 16.1 Å². The number of benzene rings is 4. The maximum absolute atomic E-state index is 13.1. The SMILES string of the molecule is CCCCCCCCN(CCCCCCCC)CC1OC(c2cccc(NC(=O)Nc3ccc(Oc4ccccc4)cc3)c2)OC(c2ccc(CO)cc2)C1C. The van der Waals surface area contributed by atoms with E-state index in [1.165, 1.54) is 77.0 Å². The summed E-state index contributed by atoms with van der Waals surface area (Å²) in [4.78, 5) is 15.8.